The number of rotatable bonds is 7. The summed E-state index contributed by atoms with van der Waals surface area (Å²) < 4.78 is 6.15. The molecule has 5 heteroatoms. The molecule has 2 aromatic carbocycles. The highest BCUT2D eigenvalue weighted by molar-refractivity contribution is 7.12. The van der Waals surface area contributed by atoms with Gasteiger partial charge in [0.05, 0.1) is 11.5 Å². The summed E-state index contributed by atoms with van der Waals surface area (Å²) in [7, 11) is 0. The predicted octanol–water partition coefficient (Wildman–Crippen LogP) is 6.37. The molecular formula is C30H36N2O2S. The molecule has 3 aromatic rings. The van der Waals surface area contributed by atoms with Crippen molar-refractivity contribution in [2.75, 3.05) is 32.8 Å². The van der Waals surface area contributed by atoms with E-state index in [-0.39, 0.29) is 5.91 Å². The normalized spacial score (nSPS) is 19.6. The van der Waals surface area contributed by atoms with E-state index >= 15 is 0 Å². The Morgan fingerprint density at radius 2 is 1.74 bits per heavy atom. The van der Waals surface area contributed by atoms with Crippen molar-refractivity contribution < 1.29 is 9.53 Å². The zero-order chi connectivity index (χ0) is 24.0. The average molecular weight is 489 g/mol. The maximum absolute atomic E-state index is 12.9. The van der Waals surface area contributed by atoms with Gasteiger partial charge in [0.25, 0.3) is 5.91 Å². The standard InChI is InChI=1S/C30H36N2O2S/c1-23-15-19-35-29(23)30(33)32-16-5-6-25(21-32)22-34-28-11-9-24(10-12-28)20-31-17-13-27(14-18-31)26-7-3-2-4-8-26/h2-4,7-12,15,19,25,27H,5-6,13-14,16-18,20-22H2,1H3/t25-/m0/s1. The summed E-state index contributed by atoms with van der Waals surface area (Å²) in [4.78, 5) is 18.3. The third kappa shape index (κ3) is 6.14. The van der Waals surface area contributed by atoms with Gasteiger partial charge in [-0.15, -0.1) is 11.3 Å². The van der Waals surface area contributed by atoms with E-state index in [2.05, 4.69) is 59.5 Å². The van der Waals surface area contributed by atoms with Gasteiger partial charge in [0.2, 0.25) is 0 Å². The van der Waals surface area contributed by atoms with Gasteiger partial charge in [0, 0.05) is 25.6 Å². The number of aryl methyl sites for hydroxylation is 1. The second-order valence-electron chi connectivity index (χ2n) is 10.1. The first kappa shape index (κ1) is 24.1. The van der Waals surface area contributed by atoms with Crippen molar-refractivity contribution in [3.63, 3.8) is 0 Å². The zero-order valence-electron chi connectivity index (χ0n) is 20.7. The van der Waals surface area contributed by atoms with Gasteiger partial charge in [-0.1, -0.05) is 42.5 Å². The van der Waals surface area contributed by atoms with Crippen LogP contribution in [0.1, 0.15) is 58.0 Å². The van der Waals surface area contributed by atoms with Crippen LogP contribution in [0, 0.1) is 12.8 Å². The maximum Gasteiger partial charge on any atom is 0.264 e. The molecule has 2 fully saturated rings. The fraction of sp³-hybridized carbons (Fsp3) is 0.433. The molecule has 0 saturated carbocycles. The van der Waals surface area contributed by atoms with Crippen molar-refractivity contribution in [3.8, 4) is 5.75 Å². The molecule has 184 valence electrons. The van der Waals surface area contributed by atoms with Crippen LogP contribution in [-0.4, -0.2) is 48.5 Å². The van der Waals surface area contributed by atoms with Crippen LogP contribution in [-0.2, 0) is 6.54 Å². The first-order chi connectivity index (χ1) is 17.2. The highest BCUT2D eigenvalue weighted by atomic mass is 32.1. The number of piperidine rings is 2. The van der Waals surface area contributed by atoms with Gasteiger partial charge in [0.15, 0.2) is 0 Å². The Hall–Kier alpha value is -2.63. The number of carbonyl (C=O) groups excluding carboxylic acids is 1. The summed E-state index contributed by atoms with van der Waals surface area (Å²) in [5.41, 5.74) is 3.91. The number of carbonyl (C=O) groups is 1. The van der Waals surface area contributed by atoms with Gasteiger partial charge in [-0.2, -0.15) is 0 Å². The molecule has 1 atom stereocenters. The third-order valence-electron chi connectivity index (χ3n) is 7.54. The molecule has 0 bridgehead atoms. The quantitative estimate of drug-likeness (QED) is 0.388. The Labute approximate surface area is 213 Å². The predicted molar refractivity (Wildman–Crippen MR) is 143 cm³/mol. The molecule has 2 saturated heterocycles. The second-order valence-corrected chi connectivity index (χ2v) is 11.0. The molecular weight excluding hydrogens is 452 g/mol. The lowest BCUT2D eigenvalue weighted by Crippen LogP contribution is -2.41. The number of benzene rings is 2. The molecule has 3 heterocycles. The summed E-state index contributed by atoms with van der Waals surface area (Å²) >= 11 is 1.55. The fourth-order valence-corrected chi connectivity index (χ4v) is 6.33. The van der Waals surface area contributed by atoms with Gasteiger partial charge >= 0.3 is 0 Å². The molecule has 0 radical (unpaired) electrons. The van der Waals surface area contributed by atoms with Gasteiger partial charge < -0.3 is 9.64 Å². The van der Waals surface area contributed by atoms with Crippen LogP contribution in [0.4, 0.5) is 0 Å². The summed E-state index contributed by atoms with van der Waals surface area (Å²) in [6.45, 7) is 7.63. The first-order valence-corrected chi connectivity index (χ1v) is 13.9. The van der Waals surface area contributed by atoms with E-state index in [1.807, 2.05) is 23.3 Å². The summed E-state index contributed by atoms with van der Waals surface area (Å²) in [5, 5.41) is 2.00. The Morgan fingerprint density at radius 1 is 0.971 bits per heavy atom. The summed E-state index contributed by atoms with van der Waals surface area (Å²) in [5.74, 6) is 2.19. The highest BCUT2D eigenvalue weighted by Gasteiger charge is 2.26. The SMILES string of the molecule is Cc1ccsc1C(=O)N1CCC[C@H](COc2ccc(CN3CCC(c4ccccc4)CC3)cc2)C1. The van der Waals surface area contributed by atoms with E-state index < -0.39 is 0 Å². The van der Waals surface area contributed by atoms with Crippen molar-refractivity contribution in [2.45, 2.75) is 45.1 Å². The Balaban J connectivity index is 1.07. The van der Waals surface area contributed by atoms with Crippen molar-refractivity contribution in [3.05, 3.63) is 87.6 Å². The van der Waals surface area contributed by atoms with Gasteiger partial charge in [-0.25, -0.2) is 0 Å². The van der Waals surface area contributed by atoms with E-state index in [9.17, 15) is 4.79 Å². The second kappa shape index (κ2) is 11.4. The molecule has 4 nitrogen and oxygen atoms in total. The molecule has 0 unspecified atom stereocenters. The van der Waals surface area contributed by atoms with Crippen molar-refractivity contribution in [1.29, 1.82) is 0 Å². The smallest absolute Gasteiger partial charge is 0.264 e. The van der Waals surface area contributed by atoms with E-state index in [0.717, 1.165) is 61.8 Å². The van der Waals surface area contributed by atoms with Gasteiger partial charge in [-0.05, 0) is 91.9 Å². The summed E-state index contributed by atoms with van der Waals surface area (Å²) in [6.07, 6.45) is 4.63. The average Bonchev–Trinajstić information content (AvgIpc) is 3.35. The van der Waals surface area contributed by atoms with Crippen molar-refractivity contribution in [2.24, 2.45) is 5.92 Å². The Morgan fingerprint density at radius 3 is 2.46 bits per heavy atom. The van der Waals surface area contributed by atoms with Gasteiger partial charge in [0.1, 0.15) is 5.75 Å². The lowest BCUT2D eigenvalue weighted by atomic mass is 9.89. The molecule has 5 rings (SSSR count). The number of nitrogens with zero attached hydrogens (tertiary/aromatic N) is 2. The third-order valence-corrected chi connectivity index (χ3v) is 8.54. The molecule has 1 aromatic heterocycles. The van der Waals surface area contributed by atoms with E-state index in [0.29, 0.717) is 18.4 Å². The van der Waals surface area contributed by atoms with Crippen LogP contribution >= 0.6 is 11.3 Å². The van der Waals surface area contributed by atoms with Crippen LogP contribution in [0.2, 0.25) is 0 Å². The van der Waals surface area contributed by atoms with Crippen LogP contribution in [0.3, 0.4) is 0 Å². The Kier molecular flexibility index (Phi) is 7.85. The zero-order valence-corrected chi connectivity index (χ0v) is 21.5. The molecule has 0 N–H and O–H groups in total. The lowest BCUT2D eigenvalue weighted by Gasteiger charge is -2.32. The van der Waals surface area contributed by atoms with Crippen molar-refractivity contribution in [1.82, 2.24) is 9.80 Å². The van der Waals surface area contributed by atoms with Crippen LogP contribution < -0.4 is 4.74 Å². The minimum absolute atomic E-state index is 0.180. The number of hydrogen-bond acceptors (Lipinski definition) is 4. The molecule has 2 aliphatic heterocycles. The highest BCUT2D eigenvalue weighted by Crippen LogP contribution is 2.29. The topological polar surface area (TPSA) is 32.8 Å². The van der Waals surface area contributed by atoms with E-state index in [1.165, 1.54) is 24.0 Å². The fourth-order valence-electron chi connectivity index (χ4n) is 5.43. The molecule has 0 spiro atoms. The Bertz CT molecular complexity index is 1090. The minimum atomic E-state index is 0.180. The van der Waals surface area contributed by atoms with Crippen molar-refractivity contribution >= 4 is 17.2 Å². The minimum Gasteiger partial charge on any atom is -0.493 e. The molecule has 1 amide bonds. The first-order valence-electron chi connectivity index (χ1n) is 13.0. The van der Waals surface area contributed by atoms with E-state index in [1.54, 1.807) is 11.3 Å². The molecule has 0 aliphatic carbocycles. The van der Waals surface area contributed by atoms with E-state index in [4.69, 9.17) is 4.74 Å². The summed E-state index contributed by atoms with van der Waals surface area (Å²) in [6, 6.07) is 21.6. The number of ether oxygens (including phenoxy) is 1. The lowest BCUT2D eigenvalue weighted by molar-refractivity contribution is 0.0637. The van der Waals surface area contributed by atoms with Crippen LogP contribution in [0.15, 0.2) is 66.0 Å². The molecule has 2 aliphatic rings. The number of thiophene rings is 1. The monoisotopic (exact) mass is 488 g/mol. The largest absolute Gasteiger partial charge is 0.493 e. The van der Waals surface area contributed by atoms with Gasteiger partial charge in [-0.3, -0.25) is 9.69 Å². The number of likely N-dealkylation sites (tertiary alicyclic amines) is 2. The number of amides is 1. The van der Waals surface area contributed by atoms with Crippen LogP contribution in [0.5, 0.6) is 5.75 Å². The maximum atomic E-state index is 12.9. The van der Waals surface area contributed by atoms with Crippen LogP contribution in [0.25, 0.3) is 0 Å². The molecule has 35 heavy (non-hydrogen) atoms. The number of hydrogen-bond donors (Lipinski definition) is 0.